The second kappa shape index (κ2) is 6.00. The van der Waals surface area contributed by atoms with Crippen molar-refractivity contribution in [3.63, 3.8) is 0 Å². The van der Waals surface area contributed by atoms with Crippen molar-refractivity contribution in [2.75, 3.05) is 10.6 Å². The zero-order valence-electron chi connectivity index (χ0n) is 11.1. The zero-order chi connectivity index (χ0) is 13.7. The molecule has 0 radical (unpaired) electrons. The van der Waals surface area contributed by atoms with Crippen molar-refractivity contribution in [3.05, 3.63) is 53.9 Å². The summed E-state index contributed by atoms with van der Waals surface area (Å²) in [6.07, 6.45) is 1.79. The number of hydrogen-bond acceptors (Lipinski definition) is 3. The topological polar surface area (TPSA) is 54.0 Å². The van der Waals surface area contributed by atoms with Crippen LogP contribution in [0.1, 0.15) is 18.2 Å². The number of anilines is 2. The van der Waals surface area contributed by atoms with E-state index in [1.165, 1.54) is 6.92 Å². The van der Waals surface area contributed by atoms with Crippen molar-refractivity contribution in [2.24, 2.45) is 0 Å². The predicted octanol–water partition coefficient (Wildman–Crippen LogP) is 2.96. The molecule has 0 bridgehead atoms. The number of rotatable bonds is 4. The van der Waals surface area contributed by atoms with E-state index in [0.29, 0.717) is 6.54 Å². The Bertz CT molecular complexity index is 581. The third-order valence-corrected chi connectivity index (χ3v) is 2.76. The number of aromatic nitrogens is 1. The Labute approximate surface area is 112 Å². The van der Waals surface area contributed by atoms with Gasteiger partial charge in [-0.05, 0) is 36.8 Å². The first kappa shape index (κ1) is 13.1. The summed E-state index contributed by atoms with van der Waals surface area (Å²) in [6, 6.07) is 11.6. The van der Waals surface area contributed by atoms with Gasteiger partial charge in [0.1, 0.15) is 0 Å². The van der Waals surface area contributed by atoms with E-state index in [0.717, 1.165) is 22.6 Å². The van der Waals surface area contributed by atoms with E-state index in [4.69, 9.17) is 0 Å². The minimum atomic E-state index is -0.0716. The monoisotopic (exact) mass is 255 g/mol. The smallest absolute Gasteiger partial charge is 0.221 e. The first-order valence-electron chi connectivity index (χ1n) is 6.17. The number of nitrogens with zero attached hydrogens (tertiary/aromatic N) is 1. The van der Waals surface area contributed by atoms with Crippen molar-refractivity contribution >= 4 is 17.3 Å². The van der Waals surface area contributed by atoms with Crippen LogP contribution in [0, 0.1) is 6.92 Å². The number of hydrogen-bond donors (Lipinski definition) is 2. The molecular weight excluding hydrogens is 238 g/mol. The minimum Gasteiger partial charge on any atom is -0.379 e. The highest BCUT2D eigenvalue weighted by Crippen LogP contribution is 2.16. The maximum atomic E-state index is 11.0. The second-order valence-electron chi connectivity index (χ2n) is 4.38. The standard InChI is InChI=1S/C15H17N3O/c1-11-5-4-8-16-15(11)10-17-13-6-3-7-14(9-13)18-12(2)19/h3-9,17H,10H2,1-2H3,(H,18,19). The summed E-state index contributed by atoms with van der Waals surface area (Å²) in [5.74, 6) is -0.0716. The van der Waals surface area contributed by atoms with Crippen LogP contribution in [0.25, 0.3) is 0 Å². The fraction of sp³-hybridized carbons (Fsp3) is 0.200. The summed E-state index contributed by atoms with van der Waals surface area (Å²) >= 11 is 0. The maximum absolute atomic E-state index is 11.0. The first-order valence-corrected chi connectivity index (χ1v) is 6.17. The summed E-state index contributed by atoms with van der Waals surface area (Å²) in [5, 5.41) is 6.06. The van der Waals surface area contributed by atoms with Crippen molar-refractivity contribution in [3.8, 4) is 0 Å². The molecule has 2 aromatic rings. The lowest BCUT2D eigenvalue weighted by Gasteiger charge is -2.09. The van der Waals surface area contributed by atoms with Crippen LogP contribution in [0.2, 0.25) is 0 Å². The molecule has 0 atom stereocenters. The molecule has 2 rings (SSSR count). The van der Waals surface area contributed by atoms with Gasteiger partial charge in [-0.25, -0.2) is 0 Å². The number of nitrogens with one attached hydrogen (secondary N) is 2. The van der Waals surface area contributed by atoms with Crippen LogP contribution < -0.4 is 10.6 Å². The van der Waals surface area contributed by atoms with Crippen molar-refractivity contribution in [1.29, 1.82) is 0 Å². The molecule has 0 saturated heterocycles. The Kier molecular flexibility index (Phi) is 4.13. The molecule has 0 aliphatic carbocycles. The predicted molar refractivity (Wildman–Crippen MR) is 77.0 cm³/mol. The molecule has 4 nitrogen and oxygen atoms in total. The van der Waals surface area contributed by atoms with Gasteiger partial charge in [-0.2, -0.15) is 0 Å². The van der Waals surface area contributed by atoms with Gasteiger partial charge in [0.2, 0.25) is 5.91 Å². The summed E-state index contributed by atoms with van der Waals surface area (Å²) < 4.78 is 0. The highest BCUT2D eigenvalue weighted by Gasteiger charge is 2.00. The van der Waals surface area contributed by atoms with Crippen LogP contribution in [0.3, 0.4) is 0 Å². The molecule has 0 fully saturated rings. The Balaban J connectivity index is 2.03. The van der Waals surface area contributed by atoms with Gasteiger partial charge >= 0.3 is 0 Å². The molecule has 0 saturated carbocycles. The zero-order valence-corrected chi connectivity index (χ0v) is 11.1. The first-order chi connectivity index (χ1) is 9.15. The van der Waals surface area contributed by atoms with E-state index in [2.05, 4.69) is 15.6 Å². The summed E-state index contributed by atoms with van der Waals surface area (Å²) in [7, 11) is 0. The Morgan fingerprint density at radius 1 is 1.21 bits per heavy atom. The minimum absolute atomic E-state index is 0.0716. The average molecular weight is 255 g/mol. The van der Waals surface area contributed by atoms with Crippen molar-refractivity contribution in [1.82, 2.24) is 4.98 Å². The fourth-order valence-electron chi connectivity index (χ4n) is 1.80. The number of aryl methyl sites for hydroxylation is 1. The van der Waals surface area contributed by atoms with Gasteiger partial charge < -0.3 is 10.6 Å². The molecule has 1 aromatic carbocycles. The van der Waals surface area contributed by atoms with Crippen LogP contribution in [0.15, 0.2) is 42.6 Å². The molecule has 0 unspecified atom stereocenters. The largest absolute Gasteiger partial charge is 0.379 e. The van der Waals surface area contributed by atoms with Crippen molar-refractivity contribution in [2.45, 2.75) is 20.4 Å². The lowest BCUT2D eigenvalue weighted by molar-refractivity contribution is -0.114. The average Bonchev–Trinajstić information content (AvgIpc) is 2.37. The van der Waals surface area contributed by atoms with Crippen LogP contribution >= 0.6 is 0 Å². The Morgan fingerprint density at radius 3 is 2.74 bits per heavy atom. The number of carbonyl (C=O) groups excluding carboxylic acids is 1. The summed E-state index contributed by atoms with van der Waals surface area (Å²) in [5.41, 5.74) is 3.92. The molecule has 0 aliphatic heterocycles. The maximum Gasteiger partial charge on any atom is 0.221 e. The molecule has 1 aromatic heterocycles. The van der Waals surface area contributed by atoms with E-state index in [-0.39, 0.29) is 5.91 Å². The van der Waals surface area contributed by atoms with Gasteiger partial charge in [0.15, 0.2) is 0 Å². The molecule has 98 valence electrons. The number of benzene rings is 1. The Morgan fingerprint density at radius 2 is 2.00 bits per heavy atom. The lowest BCUT2D eigenvalue weighted by Crippen LogP contribution is -2.07. The highest BCUT2D eigenvalue weighted by molar-refractivity contribution is 5.89. The van der Waals surface area contributed by atoms with E-state index < -0.39 is 0 Å². The Hall–Kier alpha value is -2.36. The number of amides is 1. The van der Waals surface area contributed by atoms with Crippen molar-refractivity contribution < 1.29 is 4.79 Å². The van der Waals surface area contributed by atoms with Gasteiger partial charge in [-0.3, -0.25) is 9.78 Å². The molecule has 4 heteroatoms. The van der Waals surface area contributed by atoms with Gasteiger partial charge in [0, 0.05) is 24.5 Å². The fourth-order valence-corrected chi connectivity index (χ4v) is 1.80. The van der Waals surface area contributed by atoms with E-state index >= 15 is 0 Å². The molecule has 0 aliphatic rings. The second-order valence-corrected chi connectivity index (χ2v) is 4.38. The lowest BCUT2D eigenvalue weighted by atomic mass is 10.2. The van der Waals surface area contributed by atoms with Gasteiger partial charge in [-0.1, -0.05) is 12.1 Å². The number of carbonyl (C=O) groups is 1. The van der Waals surface area contributed by atoms with E-state index in [1.807, 2.05) is 43.3 Å². The highest BCUT2D eigenvalue weighted by atomic mass is 16.1. The van der Waals surface area contributed by atoms with Gasteiger partial charge in [0.05, 0.1) is 12.2 Å². The molecule has 1 amide bonds. The van der Waals surface area contributed by atoms with Crippen LogP contribution in [0.5, 0.6) is 0 Å². The van der Waals surface area contributed by atoms with Gasteiger partial charge in [0.25, 0.3) is 0 Å². The van der Waals surface area contributed by atoms with E-state index in [1.54, 1.807) is 6.20 Å². The van der Waals surface area contributed by atoms with Crippen LogP contribution in [-0.4, -0.2) is 10.9 Å². The number of pyridine rings is 1. The SMILES string of the molecule is CC(=O)Nc1cccc(NCc2ncccc2C)c1. The normalized spacial score (nSPS) is 10.0. The van der Waals surface area contributed by atoms with E-state index in [9.17, 15) is 4.79 Å². The molecule has 2 N–H and O–H groups in total. The molecule has 1 heterocycles. The summed E-state index contributed by atoms with van der Waals surface area (Å²) in [4.78, 5) is 15.3. The quantitative estimate of drug-likeness (QED) is 0.883. The molecular formula is C15H17N3O. The molecule has 19 heavy (non-hydrogen) atoms. The van der Waals surface area contributed by atoms with Crippen LogP contribution in [0.4, 0.5) is 11.4 Å². The van der Waals surface area contributed by atoms with Crippen LogP contribution in [-0.2, 0) is 11.3 Å². The van der Waals surface area contributed by atoms with Gasteiger partial charge in [-0.15, -0.1) is 0 Å². The molecule has 0 spiro atoms. The third-order valence-electron chi connectivity index (χ3n) is 2.76. The summed E-state index contributed by atoms with van der Waals surface area (Å²) in [6.45, 7) is 4.20. The third kappa shape index (κ3) is 3.81.